The predicted octanol–water partition coefficient (Wildman–Crippen LogP) is 2.76. The van der Waals surface area contributed by atoms with E-state index in [9.17, 15) is 0 Å². The summed E-state index contributed by atoms with van der Waals surface area (Å²) in [7, 11) is 0. The Morgan fingerprint density at radius 2 is 1.88 bits per heavy atom. The van der Waals surface area contributed by atoms with Crippen LogP contribution in [0.4, 0.5) is 0 Å². The third kappa shape index (κ3) is 3.56. The van der Waals surface area contributed by atoms with Crippen LogP contribution in [0.3, 0.4) is 0 Å². The quantitative estimate of drug-likeness (QED) is 0.791. The Kier molecular flexibility index (Phi) is 4.66. The van der Waals surface area contributed by atoms with Crippen molar-refractivity contribution in [3.05, 3.63) is 23.7 Å². The molecule has 0 bridgehead atoms. The van der Waals surface area contributed by atoms with Gasteiger partial charge in [0.25, 0.3) is 0 Å². The fourth-order valence-corrected chi connectivity index (χ4v) is 3.74. The maximum atomic E-state index is 6.19. The van der Waals surface area contributed by atoms with E-state index < -0.39 is 17.9 Å². The number of hydrogen-bond acceptors (Lipinski definition) is 7. The first kappa shape index (κ1) is 18.4. The monoisotopic (exact) mass is 368 g/mol. The summed E-state index contributed by atoms with van der Waals surface area (Å²) >= 11 is 0. The normalized spacial score (nSPS) is 38.0. The Morgan fingerprint density at radius 1 is 1.08 bits per heavy atom. The molecule has 7 heteroatoms. The summed E-state index contributed by atoms with van der Waals surface area (Å²) in [5.74, 6) is -0.547. The predicted molar refractivity (Wildman–Crippen MR) is 90.3 cm³/mol. The lowest BCUT2D eigenvalue weighted by atomic mass is 10.1. The number of fused-ring (bicyclic) bond motifs is 1. The summed E-state index contributed by atoms with van der Waals surface area (Å²) in [5.41, 5.74) is 1.15. The molecule has 0 aromatic carbocycles. The van der Waals surface area contributed by atoms with Crippen LogP contribution >= 0.6 is 0 Å². The lowest BCUT2D eigenvalue weighted by Gasteiger charge is -2.28. The van der Waals surface area contributed by atoms with E-state index in [0.29, 0.717) is 13.2 Å². The highest BCUT2D eigenvalue weighted by atomic mass is 16.8. The molecule has 3 aliphatic heterocycles. The maximum Gasteiger partial charge on any atom is 0.190 e. The lowest BCUT2D eigenvalue weighted by Crippen LogP contribution is -2.44. The van der Waals surface area contributed by atoms with Gasteiger partial charge in [0.1, 0.15) is 36.8 Å². The van der Waals surface area contributed by atoms with E-state index in [1.165, 1.54) is 0 Å². The molecule has 7 nitrogen and oxygen atoms in total. The first-order valence-corrected chi connectivity index (χ1v) is 9.27. The van der Waals surface area contributed by atoms with Gasteiger partial charge in [-0.05, 0) is 45.7 Å². The van der Waals surface area contributed by atoms with Gasteiger partial charge < -0.3 is 32.8 Å². The summed E-state index contributed by atoms with van der Waals surface area (Å²) in [6.07, 6.45) is 0.995. The van der Waals surface area contributed by atoms with Crippen molar-refractivity contribution in [1.29, 1.82) is 0 Å². The summed E-state index contributed by atoms with van der Waals surface area (Å²) in [6, 6.07) is 2.01. The van der Waals surface area contributed by atoms with Crippen LogP contribution in [0.5, 0.6) is 0 Å². The highest BCUT2D eigenvalue weighted by molar-refractivity contribution is 5.12. The van der Waals surface area contributed by atoms with Crippen LogP contribution in [0.15, 0.2) is 16.7 Å². The average molecular weight is 368 g/mol. The fourth-order valence-electron chi connectivity index (χ4n) is 3.74. The van der Waals surface area contributed by atoms with Gasteiger partial charge in [-0.3, -0.25) is 0 Å². The fraction of sp³-hybridized carbons (Fsp3) is 0.789. The van der Waals surface area contributed by atoms with E-state index in [4.69, 9.17) is 32.8 Å². The van der Waals surface area contributed by atoms with Crippen LogP contribution in [-0.4, -0.2) is 48.9 Å². The van der Waals surface area contributed by atoms with Crippen molar-refractivity contribution < 1.29 is 32.8 Å². The molecule has 146 valence electrons. The van der Waals surface area contributed by atoms with Crippen LogP contribution in [0, 0.1) is 0 Å². The first-order chi connectivity index (χ1) is 12.3. The molecule has 5 atom stereocenters. The van der Waals surface area contributed by atoms with Gasteiger partial charge in [-0.25, -0.2) is 0 Å². The zero-order chi connectivity index (χ0) is 18.5. The standard InChI is InChI=1S/C19H28O7/c1-6-11-7-12(20-8-11)9-21-15-14(13-10-22-18(2,3)24-13)23-17-16(15)25-19(4,5)26-17/h7-8,13-17H,6,9-10H2,1-5H3/t13-,14-,15+,16-,17-/m1/s1. The molecule has 3 saturated heterocycles. The molecule has 1 aromatic heterocycles. The van der Waals surface area contributed by atoms with Crippen LogP contribution < -0.4 is 0 Å². The summed E-state index contributed by atoms with van der Waals surface area (Å²) in [6.45, 7) is 10.4. The van der Waals surface area contributed by atoms with E-state index >= 15 is 0 Å². The number of rotatable bonds is 5. The highest BCUT2D eigenvalue weighted by Gasteiger charge is 2.58. The Morgan fingerprint density at radius 3 is 2.54 bits per heavy atom. The SMILES string of the molecule is CCc1coc(CO[C@@H]2[C@H]3OC(C)(C)O[C@H]3O[C@@H]2[C@H]2COC(C)(C)O2)c1. The lowest BCUT2D eigenvalue weighted by molar-refractivity contribution is -0.237. The van der Waals surface area contributed by atoms with Crippen molar-refractivity contribution in [2.24, 2.45) is 0 Å². The Balaban J connectivity index is 1.48. The minimum absolute atomic E-state index is 0.237. The van der Waals surface area contributed by atoms with E-state index in [2.05, 4.69) is 6.92 Å². The van der Waals surface area contributed by atoms with Gasteiger partial charge in [-0.15, -0.1) is 0 Å². The molecular weight excluding hydrogens is 340 g/mol. The van der Waals surface area contributed by atoms with Crippen LogP contribution in [0.2, 0.25) is 0 Å². The molecule has 3 fully saturated rings. The largest absolute Gasteiger partial charge is 0.467 e. The molecule has 4 heterocycles. The molecule has 0 unspecified atom stereocenters. The number of furan rings is 1. The minimum Gasteiger partial charge on any atom is -0.467 e. The van der Waals surface area contributed by atoms with Crippen molar-refractivity contribution in [1.82, 2.24) is 0 Å². The summed E-state index contributed by atoms with van der Waals surface area (Å²) in [4.78, 5) is 0. The molecule has 26 heavy (non-hydrogen) atoms. The molecule has 3 aliphatic rings. The van der Waals surface area contributed by atoms with Crippen molar-refractivity contribution in [3.63, 3.8) is 0 Å². The van der Waals surface area contributed by atoms with E-state index in [1.807, 2.05) is 33.8 Å². The van der Waals surface area contributed by atoms with Crippen molar-refractivity contribution in [2.75, 3.05) is 6.61 Å². The molecule has 0 aliphatic carbocycles. The van der Waals surface area contributed by atoms with E-state index in [1.54, 1.807) is 6.26 Å². The minimum atomic E-state index is -0.700. The number of ether oxygens (including phenoxy) is 6. The topological polar surface area (TPSA) is 68.5 Å². The third-order valence-electron chi connectivity index (χ3n) is 4.96. The highest BCUT2D eigenvalue weighted by Crippen LogP contribution is 2.42. The molecule has 4 rings (SSSR count). The molecule has 0 saturated carbocycles. The van der Waals surface area contributed by atoms with Crippen LogP contribution in [0.25, 0.3) is 0 Å². The van der Waals surface area contributed by atoms with Gasteiger partial charge in [0.15, 0.2) is 17.9 Å². The second-order valence-corrected chi connectivity index (χ2v) is 7.99. The third-order valence-corrected chi connectivity index (χ3v) is 4.96. The molecule has 1 aromatic rings. The van der Waals surface area contributed by atoms with Gasteiger partial charge >= 0.3 is 0 Å². The first-order valence-electron chi connectivity index (χ1n) is 9.27. The second kappa shape index (κ2) is 6.58. The van der Waals surface area contributed by atoms with Crippen molar-refractivity contribution >= 4 is 0 Å². The van der Waals surface area contributed by atoms with Gasteiger partial charge in [-0.1, -0.05) is 6.92 Å². The molecule has 0 amide bonds. The van der Waals surface area contributed by atoms with Crippen LogP contribution in [-0.2, 0) is 41.4 Å². The smallest absolute Gasteiger partial charge is 0.190 e. The second-order valence-electron chi connectivity index (χ2n) is 7.99. The Hall–Kier alpha value is -0.960. The zero-order valence-corrected chi connectivity index (χ0v) is 16.0. The summed E-state index contributed by atoms with van der Waals surface area (Å²) in [5, 5.41) is 0. The van der Waals surface area contributed by atoms with Gasteiger partial charge in [0, 0.05) is 0 Å². The Labute approximate surface area is 153 Å². The molecule has 0 radical (unpaired) electrons. The van der Waals surface area contributed by atoms with Gasteiger partial charge in [-0.2, -0.15) is 0 Å². The van der Waals surface area contributed by atoms with Crippen molar-refractivity contribution in [2.45, 2.75) is 89.9 Å². The average Bonchev–Trinajstić information content (AvgIpc) is 3.28. The van der Waals surface area contributed by atoms with Crippen molar-refractivity contribution in [3.8, 4) is 0 Å². The zero-order valence-electron chi connectivity index (χ0n) is 16.0. The molecule has 0 spiro atoms. The summed E-state index contributed by atoms with van der Waals surface area (Å²) < 4.78 is 41.5. The van der Waals surface area contributed by atoms with E-state index in [0.717, 1.165) is 17.7 Å². The molecular formula is C19H28O7. The van der Waals surface area contributed by atoms with Crippen LogP contribution in [0.1, 0.15) is 45.9 Å². The van der Waals surface area contributed by atoms with Gasteiger partial charge in [0.05, 0.1) is 12.9 Å². The maximum absolute atomic E-state index is 6.19. The number of hydrogen-bond donors (Lipinski definition) is 0. The van der Waals surface area contributed by atoms with E-state index in [-0.39, 0.29) is 24.4 Å². The van der Waals surface area contributed by atoms with Gasteiger partial charge in [0.2, 0.25) is 0 Å². The molecule has 0 N–H and O–H groups in total. The number of aryl methyl sites for hydroxylation is 1. The Bertz CT molecular complexity index is 638.